The molecule has 0 saturated heterocycles. The molecule has 0 radical (unpaired) electrons. The van der Waals surface area contributed by atoms with Crippen molar-refractivity contribution in [2.45, 2.75) is 18.9 Å². The Labute approximate surface area is 183 Å². The first-order valence-corrected chi connectivity index (χ1v) is 9.37. The molecule has 0 aliphatic heterocycles. The summed E-state index contributed by atoms with van der Waals surface area (Å²) in [4.78, 5) is 28.5. The van der Waals surface area contributed by atoms with Crippen molar-refractivity contribution in [1.29, 1.82) is 0 Å². The standard InChI is InChI=1S/C21H16F5N3O4/c22-14-2-1-7-27-19(14)18(12-3-5-16(15(23)10-12)33-21(24,25)26)28-20(32)13-4-6-17(31)29(11-13)8-9-30/h1-7,10-11,18,30H,8-9H2,(H,28,32). The first-order valence-electron chi connectivity index (χ1n) is 9.37. The van der Waals surface area contributed by atoms with Gasteiger partial charge in [-0.2, -0.15) is 0 Å². The van der Waals surface area contributed by atoms with E-state index in [4.69, 9.17) is 5.11 Å². The predicted molar refractivity (Wildman–Crippen MR) is 104 cm³/mol. The number of ether oxygens (including phenoxy) is 1. The smallest absolute Gasteiger partial charge is 0.403 e. The number of hydrogen-bond acceptors (Lipinski definition) is 5. The van der Waals surface area contributed by atoms with E-state index in [1.807, 2.05) is 0 Å². The molecule has 2 aromatic heterocycles. The number of benzene rings is 1. The third-order valence-corrected chi connectivity index (χ3v) is 4.44. The fraction of sp³-hybridized carbons (Fsp3) is 0.190. The number of pyridine rings is 2. The Bertz CT molecular complexity index is 1210. The van der Waals surface area contributed by atoms with Gasteiger partial charge < -0.3 is 19.7 Å². The van der Waals surface area contributed by atoms with Crippen molar-refractivity contribution in [3.8, 4) is 5.75 Å². The minimum atomic E-state index is -5.12. The lowest BCUT2D eigenvalue weighted by Gasteiger charge is -2.20. The molecule has 1 unspecified atom stereocenters. The molecule has 1 amide bonds. The normalized spacial score (nSPS) is 12.3. The fourth-order valence-corrected chi connectivity index (χ4v) is 2.99. The summed E-state index contributed by atoms with van der Waals surface area (Å²) in [6.45, 7) is -0.442. The van der Waals surface area contributed by atoms with Gasteiger partial charge in [0, 0.05) is 25.0 Å². The number of aliphatic hydroxyl groups excluding tert-OH is 1. The molecule has 0 bridgehead atoms. The number of aliphatic hydroxyl groups is 1. The second-order valence-electron chi connectivity index (χ2n) is 6.69. The molecule has 0 aliphatic carbocycles. The number of rotatable bonds is 7. The molecular weight excluding hydrogens is 453 g/mol. The summed E-state index contributed by atoms with van der Waals surface area (Å²) < 4.78 is 70.7. The molecule has 2 N–H and O–H groups in total. The topological polar surface area (TPSA) is 93.5 Å². The zero-order valence-electron chi connectivity index (χ0n) is 16.6. The Kier molecular flexibility index (Phi) is 7.07. The van der Waals surface area contributed by atoms with Crippen LogP contribution in [0.4, 0.5) is 22.0 Å². The zero-order valence-corrected chi connectivity index (χ0v) is 16.6. The number of halogens is 5. The first kappa shape index (κ1) is 23.9. The van der Waals surface area contributed by atoms with Gasteiger partial charge in [-0.15, -0.1) is 13.2 Å². The number of nitrogens with one attached hydrogen (secondary N) is 1. The van der Waals surface area contributed by atoms with Gasteiger partial charge in [-0.3, -0.25) is 14.6 Å². The molecule has 0 fully saturated rings. The van der Waals surface area contributed by atoms with Gasteiger partial charge in [0.15, 0.2) is 11.6 Å². The Morgan fingerprint density at radius 2 is 1.91 bits per heavy atom. The molecule has 174 valence electrons. The summed E-state index contributed by atoms with van der Waals surface area (Å²) in [6, 6.07) is 5.58. The number of hydrogen-bond donors (Lipinski definition) is 2. The Morgan fingerprint density at radius 3 is 2.55 bits per heavy atom. The number of nitrogens with zero attached hydrogens (tertiary/aromatic N) is 2. The number of amides is 1. The van der Waals surface area contributed by atoms with Gasteiger partial charge in [0.2, 0.25) is 0 Å². The second kappa shape index (κ2) is 9.77. The van der Waals surface area contributed by atoms with Crippen molar-refractivity contribution in [2.75, 3.05) is 6.61 Å². The van der Waals surface area contributed by atoms with Crippen molar-refractivity contribution in [3.63, 3.8) is 0 Å². The van der Waals surface area contributed by atoms with Gasteiger partial charge in [-0.25, -0.2) is 8.78 Å². The highest BCUT2D eigenvalue weighted by Crippen LogP contribution is 2.30. The molecule has 2 heterocycles. The SMILES string of the molecule is O=C(NC(c1ccc(OC(F)(F)F)c(F)c1)c1ncccc1F)c1ccc(=O)n(CCO)c1. The third-order valence-electron chi connectivity index (χ3n) is 4.44. The second-order valence-corrected chi connectivity index (χ2v) is 6.69. The van der Waals surface area contributed by atoms with Crippen LogP contribution in [0, 0.1) is 11.6 Å². The maximum absolute atomic E-state index is 14.4. The van der Waals surface area contributed by atoms with E-state index in [1.54, 1.807) is 0 Å². The van der Waals surface area contributed by atoms with Crippen molar-refractivity contribution < 1.29 is 36.6 Å². The van der Waals surface area contributed by atoms with E-state index in [1.165, 1.54) is 24.5 Å². The molecular formula is C21H16F5N3O4. The lowest BCUT2D eigenvalue weighted by atomic mass is 10.0. The average Bonchev–Trinajstić information content (AvgIpc) is 2.75. The number of carbonyl (C=O) groups is 1. The molecule has 33 heavy (non-hydrogen) atoms. The Balaban J connectivity index is 1.99. The molecule has 0 spiro atoms. The maximum Gasteiger partial charge on any atom is 0.573 e. The molecule has 0 aliphatic rings. The summed E-state index contributed by atoms with van der Waals surface area (Å²) in [5.74, 6) is -4.16. The van der Waals surface area contributed by atoms with Crippen LogP contribution in [0.5, 0.6) is 5.75 Å². The maximum atomic E-state index is 14.4. The van der Waals surface area contributed by atoms with Gasteiger partial charge >= 0.3 is 6.36 Å². The summed E-state index contributed by atoms with van der Waals surface area (Å²) in [5.41, 5.74) is -0.952. The van der Waals surface area contributed by atoms with Crippen LogP contribution in [-0.4, -0.2) is 33.5 Å². The molecule has 1 atom stereocenters. The van der Waals surface area contributed by atoms with Crippen LogP contribution in [0.15, 0.2) is 59.7 Å². The summed E-state index contributed by atoms with van der Waals surface area (Å²) >= 11 is 0. The van der Waals surface area contributed by atoms with E-state index in [-0.39, 0.29) is 30.0 Å². The molecule has 1 aromatic carbocycles. The van der Waals surface area contributed by atoms with Crippen LogP contribution in [0.3, 0.4) is 0 Å². The van der Waals surface area contributed by atoms with Gasteiger partial charge in [0.05, 0.1) is 18.2 Å². The van der Waals surface area contributed by atoms with Gasteiger partial charge in [0.25, 0.3) is 11.5 Å². The van der Waals surface area contributed by atoms with E-state index < -0.39 is 41.3 Å². The number of aromatic nitrogens is 2. The van der Waals surface area contributed by atoms with Gasteiger partial charge in [-0.05, 0) is 35.9 Å². The summed E-state index contributed by atoms with van der Waals surface area (Å²) in [5, 5.41) is 11.5. The third kappa shape index (κ3) is 5.92. The highest BCUT2D eigenvalue weighted by Gasteiger charge is 2.33. The van der Waals surface area contributed by atoms with E-state index in [2.05, 4.69) is 15.0 Å². The molecule has 3 aromatic rings. The molecule has 12 heteroatoms. The van der Waals surface area contributed by atoms with Crippen LogP contribution in [-0.2, 0) is 6.54 Å². The van der Waals surface area contributed by atoms with Gasteiger partial charge in [0.1, 0.15) is 11.5 Å². The Hall–Kier alpha value is -3.80. The highest BCUT2D eigenvalue weighted by molar-refractivity contribution is 5.94. The lowest BCUT2D eigenvalue weighted by Crippen LogP contribution is -2.32. The van der Waals surface area contributed by atoms with E-state index in [0.717, 1.165) is 22.8 Å². The largest absolute Gasteiger partial charge is 0.573 e. The molecule has 3 rings (SSSR count). The quantitative estimate of drug-likeness (QED) is 0.519. The first-order chi connectivity index (χ1) is 15.6. The monoisotopic (exact) mass is 469 g/mol. The summed E-state index contributed by atoms with van der Waals surface area (Å²) in [7, 11) is 0. The molecule has 0 saturated carbocycles. The minimum Gasteiger partial charge on any atom is -0.403 e. The van der Waals surface area contributed by atoms with E-state index >= 15 is 0 Å². The van der Waals surface area contributed by atoms with Crippen molar-refractivity contribution in [3.05, 3.63) is 93.7 Å². The van der Waals surface area contributed by atoms with E-state index in [9.17, 15) is 31.5 Å². The van der Waals surface area contributed by atoms with Crippen molar-refractivity contribution in [1.82, 2.24) is 14.9 Å². The van der Waals surface area contributed by atoms with Crippen LogP contribution in [0.1, 0.15) is 27.7 Å². The predicted octanol–water partition coefficient (Wildman–Crippen LogP) is 2.93. The highest BCUT2D eigenvalue weighted by atomic mass is 19.4. The van der Waals surface area contributed by atoms with Crippen LogP contribution in [0.2, 0.25) is 0 Å². The lowest BCUT2D eigenvalue weighted by molar-refractivity contribution is -0.275. The minimum absolute atomic E-state index is 0.0399. The number of carbonyl (C=O) groups excluding carboxylic acids is 1. The fourth-order valence-electron chi connectivity index (χ4n) is 2.99. The van der Waals surface area contributed by atoms with Crippen LogP contribution >= 0.6 is 0 Å². The van der Waals surface area contributed by atoms with Crippen LogP contribution < -0.4 is 15.6 Å². The van der Waals surface area contributed by atoms with Gasteiger partial charge in [-0.1, -0.05) is 6.07 Å². The zero-order chi connectivity index (χ0) is 24.2. The molecule has 7 nitrogen and oxygen atoms in total. The summed E-state index contributed by atoms with van der Waals surface area (Å²) in [6.07, 6.45) is -2.74. The van der Waals surface area contributed by atoms with E-state index in [0.29, 0.717) is 12.1 Å². The van der Waals surface area contributed by atoms with Crippen molar-refractivity contribution >= 4 is 5.91 Å². The van der Waals surface area contributed by atoms with Crippen LogP contribution in [0.25, 0.3) is 0 Å². The number of alkyl halides is 3. The average molecular weight is 469 g/mol. The Morgan fingerprint density at radius 1 is 1.15 bits per heavy atom. The van der Waals surface area contributed by atoms with Crippen molar-refractivity contribution in [2.24, 2.45) is 0 Å².